The second kappa shape index (κ2) is 6.08. The molecule has 1 aromatic rings. The minimum Gasteiger partial charge on any atom is -0.393 e. The summed E-state index contributed by atoms with van der Waals surface area (Å²) in [6, 6.07) is 7.87. The van der Waals surface area contributed by atoms with Crippen molar-refractivity contribution in [3.63, 3.8) is 0 Å². The SMILES string of the molecule is CC(O)CCN(C)S(=O)(=O)C1=Cc2ccccc2CC1. The van der Waals surface area contributed by atoms with Gasteiger partial charge in [0.05, 0.1) is 11.0 Å². The highest BCUT2D eigenvalue weighted by Crippen LogP contribution is 2.28. The molecule has 0 bridgehead atoms. The molecular formula is C15H21NO3S. The quantitative estimate of drug-likeness (QED) is 0.904. The highest BCUT2D eigenvalue weighted by Gasteiger charge is 2.25. The Kier molecular flexibility index (Phi) is 4.62. The Hall–Kier alpha value is -1.17. The van der Waals surface area contributed by atoms with Gasteiger partial charge in [-0.15, -0.1) is 0 Å². The Balaban J connectivity index is 2.21. The zero-order chi connectivity index (χ0) is 14.8. The highest BCUT2D eigenvalue weighted by atomic mass is 32.2. The minimum atomic E-state index is -3.42. The Bertz CT molecular complexity index is 605. The van der Waals surface area contributed by atoms with Gasteiger partial charge in [-0.25, -0.2) is 12.7 Å². The second-order valence-electron chi connectivity index (χ2n) is 5.27. The van der Waals surface area contributed by atoms with Crippen molar-refractivity contribution in [2.24, 2.45) is 0 Å². The smallest absolute Gasteiger partial charge is 0.238 e. The van der Waals surface area contributed by atoms with Gasteiger partial charge in [0.2, 0.25) is 10.0 Å². The molecule has 0 heterocycles. The molecule has 1 aliphatic carbocycles. The molecule has 0 spiro atoms. The van der Waals surface area contributed by atoms with Gasteiger partial charge in [-0.2, -0.15) is 0 Å². The number of aryl methyl sites for hydroxylation is 1. The van der Waals surface area contributed by atoms with Crippen LogP contribution < -0.4 is 0 Å². The molecule has 1 unspecified atom stereocenters. The summed E-state index contributed by atoms with van der Waals surface area (Å²) in [7, 11) is -1.85. The third-order valence-corrected chi connectivity index (χ3v) is 5.60. The Morgan fingerprint density at radius 3 is 2.70 bits per heavy atom. The number of allylic oxidation sites excluding steroid dienone is 1. The van der Waals surface area contributed by atoms with Crippen LogP contribution in [0.1, 0.15) is 30.9 Å². The van der Waals surface area contributed by atoms with Crippen molar-refractivity contribution < 1.29 is 13.5 Å². The van der Waals surface area contributed by atoms with Crippen LogP contribution in [0.3, 0.4) is 0 Å². The van der Waals surface area contributed by atoms with Crippen molar-refractivity contribution >= 4 is 16.1 Å². The van der Waals surface area contributed by atoms with E-state index in [1.807, 2.05) is 24.3 Å². The molecule has 0 aromatic heterocycles. The Morgan fingerprint density at radius 1 is 1.30 bits per heavy atom. The summed E-state index contributed by atoms with van der Waals surface area (Å²) >= 11 is 0. The lowest BCUT2D eigenvalue weighted by Gasteiger charge is -2.22. The van der Waals surface area contributed by atoms with Crippen molar-refractivity contribution in [2.75, 3.05) is 13.6 Å². The van der Waals surface area contributed by atoms with Crippen molar-refractivity contribution in [2.45, 2.75) is 32.3 Å². The normalized spacial score (nSPS) is 16.7. The van der Waals surface area contributed by atoms with Crippen molar-refractivity contribution in [3.8, 4) is 0 Å². The number of rotatable bonds is 5. The maximum absolute atomic E-state index is 12.5. The molecule has 0 amide bonds. The summed E-state index contributed by atoms with van der Waals surface area (Å²) < 4.78 is 26.3. The number of aliphatic hydroxyl groups is 1. The van der Waals surface area contributed by atoms with E-state index < -0.39 is 16.1 Å². The number of fused-ring (bicyclic) bond motifs is 1. The molecule has 0 fully saturated rings. The predicted molar refractivity (Wildman–Crippen MR) is 80.6 cm³/mol. The van der Waals surface area contributed by atoms with E-state index in [1.165, 1.54) is 9.87 Å². The zero-order valence-corrected chi connectivity index (χ0v) is 12.7. The first-order valence-electron chi connectivity index (χ1n) is 6.84. The number of nitrogens with zero attached hydrogens (tertiary/aromatic N) is 1. The molecule has 5 heteroatoms. The van der Waals surface area contributed by atoms with Crippen molar-refractivity contribution in [1.29, 1.82) is 0 Å². The van der Waals surface area contributed by atoms with Gasteiger partial charge in [-0.3, -0.25) is 0 Å². The van der Waals surface area contributed by atoms with E-state index >= 15 is 0 Å². The zero-order valence-electron chi connectivity index (χ0n) is 11.9. The van der Waals surface area contributed by atoms with Crippen LogP contribution in [0.4, 0.5) is 0 Å². The predicted octanol–water partition coefficient (Wildman–Crippen LogP) is 2.01. The van der Waals surface area contributed by atoms with E-state index in [2.05, 4.69) is 0 Å². The van der Waals surface area contributed by atoms with Gasteiger partial charge >= 0.3 is 0 Å². The fourth-order valence-electron chi connectivity index (χ4n) is 2.30. The van der Waals surface area contributed by atoms with E-state index in [0.29, 0.717) is 24.3 Å². The third kappa shape index (κ3) is 3.29. The highest BCUT2D eigenvalue weighted by molar-refractivity contribution is 7.93. The van der Waals surface area contributed by atoms with E-state index in [9.17, 15) is 13.5 Å². The second-order valence-corrected chi connectivity index (χ2v) is 7.37. The largest absolute Gasteiger partial charge is 0.393 e. The molecule has 0 saturated heterocycles. The Labute approximate surface area is 120 Å². The van der Waals surface area contributed by atoms with Gasteiger partial charge in [0.25, 0.3) is 0 Å². The van der Waals surface area contributed by atoms with Crippen LogP contribution in [-0.4, -0.2) is 37.5 Å². The molecule has 0 saturated carbocycles. The number of hydrogen-bond acceptors (Lipinski definition) is 3. The summed E-state index contributed by atoms with van der Waals surface area (Å²) in [4.78, 5) is 0.462. The number of hydrogen-bond donors (Lipinski definition) is 1. The minimum absolute atomic E-state index is 0.332. The summed E-state index contributed by atoms with van der Waals surface area (Å²) in [5.41, 5.74) is 2.18. The maximum atomic E-state index is 12.5. The van der Waals surface area contributed by atoms with Gasteiger partial charge in [-0.1, -0.05) is 24.3 Å². The fraction of sp³-hybridized carbons (Fsp3) is 0.467. The monoisotopic (exact) mass is 295 g/mol. The molecule has 1 atom stereocenters. The van der Waals surface area contributed by atoms with Gasteiger partial charge in [0, 0.05) is 13.6 Å². The molecule has 110 valence electrons. The molecular weight excluding hydrogens is 274 g/mol. The first kappa shape index (κ1) is 15.2. The van der Waals surface area contributed by atoms with Gasteiger partial charge in [0.15, 0.2) is 0 Å². The van der Waals surface area contributed by atoms with E-state index in [0.717, 1.165) is 12.0 Å². The van der Waals surface area contributed by atoms with Crippen molar-refractivity contribution in [1.82, 2.24) is 4.31 Å². The molecule has 1 aliphatic rings. The lowest BCUT2D eigenvalue weighted by atomic mass is 9.98. The lowest BCUT2D eigenvalue weighted by Crippen LogP contribution is -2.31. The van der Waals surface area contributed by atoms with Gasteiger partial charge < -0.3 is 5.11 Å². The lowest BCUT2D eigenvalue weighted by molar-refractivity contribution is 0.177. The van der Waals surface area contributed by atoms with E-state index in [4.69, 9.17) is 0 Å². The molecule has 4 nitrogen and oxygen atoms in total. The van der Waals surface area contributed by atoms with Crippen molar-refractivity contribution in [3.05, 3.63) is 40.3 Å². The van der Waals surface area contributed by atoms with Crippen LogP contribution in [0.25, 0.3) is 6.08 Å². The fourth-order valence-corrected chi connectivity index (χ4v) is 3.68. The summed E-state index contributed by atoms with van der Waals surface area (Å²) in [5, 5.41) is 9.27. The van der Waals surface area contributed by atoms with Crippen LogP contribution in [0, 0.1) is 0 Å². The first-order chi connectivity index (χ1) is 9.41. The summed E-state index contributed by atoms with van der Waals surface area (Å²) in [6.07, 6.45) is 3.02. The number of aliphatic hydroxyl groups excluding tert-OH is 1. The van der Waals surface area contributed by atoms with Crippen LogP contribution in [0.15, 0.2) is 29.2 Å². The molecule has 1 N–H and O–H groups in total. The van der Waals surface area contributed by atoms with Gasteiger partial charge in [-0.05, 0) is 43.4 Å². The van der Waals surface area contributed by atoms with Crippen LogP contribution in [0.5, 0.6) is 0 Å². The average Bonchev–Trinajstić information content (AvgIpc) is 2.44. The van der Waals surface area contributed by atoms with Crippen LogP contribution in [0.2, 0.25) is 0 Å². The molecule has 0 radical (unpaired) electrons. The molecule has 2 rings (SSSR count). The van der Waals surface area contributed by atoms with Gasteiger partial charge in [0.1, 0.15) is 0 Å². The summed E-state index contributed by atoms with van der Waals surface area (Å²) in [6.45, 7) is 2.00. The van der Waals surface area contributed by atoms with E-state index in [-0.39, 0.29) is 0 Å². The maximum Gasteiger partial charge on any atom is 0.238 e. The molecule has 0 aliphatic heterocycles. The molecule has 20 heavy (non-hydrogen) atoms. The third-order valence-electron chi connectivity index (χ3n) is 3.62. The molecule has 1 aromatic carbocycles. The Morgan fingerprint density at radius 2 is 2.00 bits per heavy atom. The number of benzene rings is 1. The van der Waals surface area contributed by atoms with Crippen LogP contribution in [-0.2, 0) is 16.4 Å². The standard InChI is InChI=1S/C15H21NO3S/c1-12(17)9-10-16(2)20(18,19)15-8-7-13-5-3-4-6-14(13)11-15/h3-6,11-12,17H,7-10H2,1-2H3. The summed E-state index contributed by atoms with van der Waals surface area (Å²) in [5.74, 6) is 0. The number of sulfonamides is 1. The average molecular weight is 295 g/mol. The topological polar surface area (TPSA) is 57.6 Å². The first-order valence-corrected chi connectivity index (χ1v) is 8.28. The van der Waals surface area contributed by atoms with Crippen LogP contribution >= 0.6 is 0 Å². The van der Waals surface area contributed by atoms with E-state index in [1.54, 1.807) is 20.0 Å².